The summed E-state index contributed by atoms with van der Waals surface area (Å²) in [7, 11) is 0. The van der Waals surface area contributed by atoms with Gasteiger partial charge in [-0.15, -0.1) is 0 Å². The van der Waals surface area contributed by atoms with Crippen LogP contribution in [0.5, 0.6) is 0 Å². The van der Waals surface area contributed by atoms with Crippen LogP contribution in [0.4, 0.5) is 0 Å². The van der Waals surface area contributed by atoms with Gasteiger partial charge in [-0.2, -0.15) is 0 Å². The quantitative estimate of drug-likeness (QED) is 0.897. The van der Waals surface area contributed by atoms with E-state index in [0.29, 0.717) is 0 Å². The Morgan fingerprint density at radius 2 is 1.50 bits per heavy atom. The van der Waals surface area contributed by atoms with E-state index in [1.807, 2.05) is 6.07 Å². The first kappa shape index (κ1) is 15.9. The molecule has 0 saturated carbocycles. The van der Waals surface area contributed by atoms with Crippen molar-refractivity contribution in [3.63, 3.8) is 0 Å². The molecule has 2 fully saturated rings. The lowest BCUT2D eigenvalue weighted by molar-refractivity contribution is -0.235. The SMILES string of the molecule is O[C@]12CCCC[C@](Cc3ccccc3)(C[C@@H]1Cc1ccccc1)O2. The minimum absolute atomic E-state index is 0.184. The molecule has 0 unspecified atom stereocenters. The van der Waals surface area contributed by atoms with Gasteiger partial charge in [0.05, 0.1) is 5.60 Å². The normalized spacial score (nSPS) is 32.5. The Morgan fingerprint density at radius 3 is 2.21 bits per heavy atom. The molecular weight excluding hydrogens is 296 g/mol. The maximum Gasteiger partial charge on any atom is 0.169 e. The van der Waals surface area contributed by atoms with Gasteiger partial charge in [0.2, 0.25) is 0 Å². The second kappa shape index (κ2) is 6.34. The molecular formula is C22H26O2. The number of aliphatic hydroxyl groups is 1. The molecule has 3 atom stereocenters. The lowest BCUT2D eigenvalue weighted by Crippen LogP contribution is -2.38. The zero-order chi connectivity index (χ0) is 16.5. The second-order valence-electron chi connectivity index (χ2n) is 7.59. The molecule has 2 aromatic carbocycles. The van der Waals surface area contributed by atoms with Crippen LogP contribution < -0.4 is 0 Å². The largest absolute Gasteiger partial charge is 0.365 e. The summed E-state index contributed by atoms with van der Waals surface area (Å²) in [5.41, 5.74) is 2.40. The van der Waals surface area contributed by atoms with Crippen LogP contribution in [-0.4, -0.2) is 16.5 Å². The minimum atomic E-state index is -0.957. The highest BCUT2D eigenvalue weighted by atomic mass is 16.6. The summed E-state index contributed by atoms with van der Waals surface area (Å²) in [6, 6.07) is 21.1. The van der Waals surface area contributed by atoms with E-state index in [1.165, 1.54) is 11.1 Å². The number of hydrogen-bond acceptors (Lipinski definition) is 2. The van der Waals surface area contributed by atoms with Crippen molar-refractivity contribution in [1.29, 1.82) is 0 Å². The van der Waals surface area contributed by atoms with Crippen LogP contribution in [0, 0.1) is 5.92 Å². The molecule has 2 bridgehead atoms. The van der Waals surface area contributed by atoms with Crippen molar-refractivity contribution in [3.05, 3.63) is 71.8 Å². The average molecular weight is 322 g/mol. The molecule has 2 nitrogen and oxygen atoms in total. The Morgan fingerprint density at radius 1 is 0.875 bits per heavy atom. The van der Waals surface area contributed by atoms with Gasteiger partial charge in [0.15, 0.2) is 5.79 Å². The number of hydrogen-bond donors (Lipinski definition) is 1. The van der Waals surface area contributed by atoms with E-state index in [2.05, 4.69) is 54.6 Å². The van der Waals surface area contributed by atoms with Crippen LogP contribution in [-0.2, 0) is 17.6 Å². The molecule has 2 aliphatic heterocycles. The molecule has 0 radical (unpaired) electrons. The Bertz CT molecular complexity index is 669. The third kappa shape index (κ3) is 3.13. The molecule has 2 heterocycles. The van der Waals surface area contributed by atoms with Crippen LogP contribution in [0.3, 0.4) is 0 Å². The number of benzene rings is 2. The van der Waals surface area contributed by atoms with E-state index in [4.69, 9.17) is 4.74 Å². The van der Waals surface area contributed by atoms with Crippen molar-refractivity contribution in [2.75, 3.05) is 0 Å². The molecule has 0 amide bonds. The van der Waals surface area contributed by atoms with Crippen molar-refractivity contribution < 1.29 is 9.84 Å². The van der Waals surface area contributed by atoms with Crippen molar-refractivity contribution in [3.8, 4) is 0 Å². The molecule has 4 rings (SSSR count). The highest BCUT2D eigenvalue weighted by Crippen LogP contribution is 2.51. The van der Waals surface area contributed by atoms with Gasteiger partial charge in [0.1, 0.15) is 0 Å². The Labute approximate surface area is 144 Å². The van der Waals surface area contributed by atoms with E-state index < -0.39 is 5.79 Å². The standard InChI is InChI=1S/C22H26O2/c23-22-14-8-7-13-21(24-22,16-19-11-5-2-6-12-19)17-20(22)15-18-9-3-1-4-10-18/h1-6,9-12,20,23H,7-8,13-17H2/t20-,21-,22-/m0/s1. The van der Waals surface area contributed by atoms with Crippen molar-refractivity contribution in [2.24, 2.45) is 5.92 Å². The van der Waals surface area contributed by atoms with E-state index in [-0.39, 0.29) is 11.5 Å². The molecule has 2 aliphatic rings. The van der Waals surface area contributed by atoms with E-state index in [1.54, 1.807) is 0 Å². The molecule has 24 heavy (non-hydrogen) atoms. The van der Waals surface area contributed by atoms with Gasteiger partial charge in [-0.1, -0.05) is 67.1 Å². The summed E-state index contributed by atoms with van der Waals surface area (Å²) in [5.74, 6) is -0.773. The first-order valence-corrected chi connectivity index (χ1v) is 9.18. The summed E-state index contributed by atoms with van der Waals surface area (Å²) in [4.78, 5) is 0. The van der Waals surface area contributed by atoms with Crippen molar-refractivity contribution >= 4 is 0 Å². The lowest BCUT2D eigenvalue weighted by Gasteiger charge is -2.30. The maximum absolute atomic E-state index is 11.2. The maximum atomic E-state index is 11.2. The second-order valence-corrected chi connectivity index (χ2v) is 7.59. The molecule has 0 aromatic heterocycles. The summed E-state index contributed by atoms with van der Waals surface area (Å²) in [6.07, 6.45) is 6.77. The van der Waals surface area contributed by atoms with Crippen LogP contribution in [0.15, 0.2) is 60.7 Å². The predicted molar refractivity (Wildman–Crippen MR) is 95.6 cm³/mol. The molecule has 2 aromatic rings. The highest BCUT2D eigenvalue weighted by molar-refractivity contribution is 5.21. The fourth-order valence-electron chi connectivity index (χ4n) is 4.64. The lowest BCUT2D eigenvalue weighted by atomic mass is 9.77. The third-order valence-corrected chi connectivity index (χ3v) is 5.76. The first-order chi connectivity index (χ1) is 11.7. The highest BCUT2D eigenvalue weighted by Gasteiger charge is 2.55. The number of ether oxygens (including phenoxy) is 1. The summed E-state index contributed by atoms with van der Waals surface area (Å²) in [5, 5.41) is 11.2. The molecule has 0 spiro atoms. The van der Waals surface area contributed by atoms with Crippen LogP contribution in [0.2, 0.25) is 0 Å². The van der Waals surface area contributed by atoms with Gasteiger partial charge in [-0.05, 0) is 36.8 Å². The monoisotopic (exact) mass is 322 g/mol. The molecule has 126 valence electrons. The number of rotatable bonds is 4. The molecule has 1 N–H and O–H groups in total. The third-order valence-electron chi connectivity index (χ3n) is 5.76. The Kier molecular flexibility index (Phi) is 4.19. The van der Waals surface area contributed by atoms with Gasteiger partial charge in [-0.25, -0.2) is 0 Å². The van der Waals surface area contributed by atoms with E-state index in [0.717, 1.165) is 44.9 Å². The van der Waals surface area contributed by atoms with E-state index in [9.17, 15) is 5.11 Å². The Balaban J connectivity index is 1.59. The summed E-state index contributed by atoms with van der Waals surface area (Å²) in [6.45, 7) is 0. The van der Waals surface area contributed by atoms with Crippen LogP contribution in [0.25, 0.3) is 0 Å². The molecule has 0 aliphatic carbocycles. The van der Waals surface area contributed by atoms with Gasteiger partial charge in [-0.3, -0.25) is 0 Å². The summed E-state index contributed by atoms with van der Waals surface area (Å²) >= 11 is 0. The average Bonchev–Trinajstić information content (AvgIpc) is 2.74. The Hall–Kier alpha value is -1.64. The van der Waals surface area contributed by atoms with E-state index >= 15 is 0 Å². The minimum Gasteiger partial charge on any atom is -0.365 e. The summed E-state index contributed by atoms with van der Waals surface area (Å²) < 4.78 is 6.44. The topological polar surface area (TPSA) is 29.5 Å². The fourth-order valence-corrected chi connectivity index (χ4v) is 4.64. The number of fused-ring (bicyclic) bond motifs is 2. The first-order valence-electron chi connectivity index (χ1n) is 9.18. The molecule has 2 saturated heterocycles. The van der Waals surface area contributed by atoms with Crippen LogP contribution >= 0.6 is 0 Å². The van der Waals surface area contributed by atoms with Gasteiger partial charge in [0.25, 0.3) is 0 Å². The molecule has 2 heteroatoms. The van der Waals surface area contributed by atoms with Gasteiger partial charge < -0.3 is 9.84 Å². The van der Waals surface area contributed by atoms with Crippen LogP contribution in [0.1, 0.15) is 43.2 Å². The predicted octanol–water partition coefficient (Wildman–Crippen LogP) is 4.51. The van der Waals surface area contributed by atoms with Gasteiger partial charge >= 0.3 is 0 Å². The fraction of sp³-hybridized carbons (Fsp3) is 0.455. The van der Waals surface area contributed by atoms with Crippen molar-refractivity contribution in [1.82, 2.24) is 0 Å². The zero-order valence-corrected chi connectivity index (χ0v) is 14.2. The van der Waals surface area contributed by atoms with Gasteiger partial charge in [0, 0.05) is 18.8 Å². The van der Waals surface area contributed by atoms with Crippen molar-refractivity contribution in [2.45, 2.75) is 56.3 Å². The smallest absolute Gasteiger partial charge is 0.169 e. The zero-order valence-electron chi connectivity index (χ0n) is 14.2.